The Morgan fingerprint density at radius 3 is 2.71 bits per heavy atom. The number of hydrogen-bond acceptors (Lipinski definition) is 4. The molecule has 3 unspecified atom stereocenters. The van der Waals surface area contributed by atoms with E-state index in [0.717, 1.165) is 38.8 Å². The maximum absolute atomic E-state index is 9.98. The lowest BCUT2D eigenvalue weighted by Crippen LogP contribution is -2.46. The summed E-state index contributed by atoms with van der Waals surface area (Å²) in [4.78, 5) is 5.23. The fourth-order valence-corrected chi connectivity index (χ4v) is 4.78. The van der Waals surface area contributed by atoms with Gasteiger partial charge in [0, 0.05) is 44.2 Å². The number of likely N-dealkylation sites (tertiary alicyclic amines) is 1. The van der Waals surface area contributed by atoms with Gasteiger partial charge in [-0.2, -0.15) is 0 Å². The SMILES string of the molecule is CC1CCCC(CO)(CN2CCC(N3CCOCC3)C2)C1. The first kappa shape index (κ1) is 15.7. The molecule has 3 rings (SSSR count). The zero-order valence-electron chi connectivity index (χ0n) is 13.6. The molecule has 0 aromatic heterocycles. The van der Waals surface area contributed by atoms with E-state index in [0.29, 0.717) is 12.6 Å². The average Bonchev–Trinajstić information content (AvgIpc) is 2.96. The van der Waals surface area contributed by atoms with Crippen LogP contribution in [0.15, 0.2) is 0 Å². The van der Waals surface area contributed by atoms with Crippen LogP contribution in [0.3, 0.4) is 0 Å². The van der Waals surface area contributed by atoms with Crippen LogP contribution in [0.1, 0.15) is 39.0 Å². The lowest BCUT2D eigenvalue weighted by Gasteiger charge is -2.41. The summed E-state index contributed by atoms with van der Waals surface area (Å²) >= 11 is 0. The summed E-state index contributed by atoms with van der Waals surface area (Å²) < 4.78 is 5.46. The third-order valence-electron chi connectivity index (χ3n) is 5.89. The molecular formula is C17H32N2O2. The van der Waals surface area contributed by atoms with Gasteiger partial charge in [0.1, 0.15) is 0 Å². The predicted molar refractivity (Wildman–Crippen MR) is 84.4 cm³/mol. The standard InChI is InChI=1S/C17H32N2O2/c1-15-3-2-5-17(11-15,14-20)13-18-6-4-16(12-18)19-7-9-21-10-8-19/h15-16,20H,2-14H2,1H3. The van der Waals surface area contributed by atoms with Crippen LogP contribution in [0.4, 0.5) is 0 Å². The molecule has 3 fully saturated rings. The van der Waals surface area contributed by atoms with E-state index in [1.807, 2.05) is 0 Å². The minimum absolute atomic E-state index is 0.178. The number of morpholine rings is 1. The molecule has 0 aromatic rings. The van der Waals surface area contributed by atoms with Gasteiger partial charge < -0.3 is 14.7 Å². The van der Waals surface area contributed by atoms with Gasteiger partial charge in [-0.3, -0.25) is 4.90 Å². The Morgan fingerprint density at radius 2 is 2.00 bits per heavy atom. The average molecular weight is 296 g/mol. The van der Waals surface area contributed by atoms with Gasteiger partial charge in [0.15, 0.2) is 0 Å². The van der Waals surface area contributed by atoms with Gasteiger partial charge >= 0.3 is 0 Å². The Labute approximate surface area is 129 Å². The maximum Gasteiger partial charge on any atom is 0.0594 e. The van der Waals surface area contributed by atoms with Crippen LogP contribution in [0, 0.1) is 11.3 Å². The molecule has 0 amide bonds. The lowest BCUT2D eigenvalue weighted by atomic mass is 9.70. The van der Waals surface area contributed by atoms with Crippen molar-refractivity contribution in [1.82, 2.24) is 9.80 Å². The highest BCUT2D eigenvalue weighted by molar-refractivity contribution is 4.92. The van der Waals surface area contributed by atoms with Crippen molar-refractivity contribution in [3.05, 3.63) is 0 Å². The smallest absolute Gasteiger partial charge is 0.0594 e. The second kappa shape index (κ2) is 6.95. The van der Waals surface area contributed by atoms with Gasteiger partial charge in [0.2, 0.25) is 0 Å². The molecular weight excluding hydrogens is 264 g/mol. The second-order valence-electron chi connectivity index (χ2n) is 7.69. The van der Waals surface area contributed by atoms with Crippen molar-refractivity contribution in [2.75, 3.05) is 52.5 Å². The van der Waals surface area contributed by atoms with Gasteiger partial charge in [0.25, 0.3) is 0 Å². The number of ether oxygens (including phenoxy) is 1. The van der Waals surface area contributed by atoms with E-state index in [9.17, 15) is 5.11 Å². The van der Waals surface area contributed by atoms with Crippen molar-refractivity contribution >= 4 is 0 Å². The molecule has 0 spiro atoms. The molecule has 1 N–H and O–H groups in total. The summed E-state index contributed by atoms with van der Waals surface area (Å²) in [6.45, 7) is 10.2. The van der Waals surface area contributed by atoms with Crippen LogP contribution < -0.4 is 0 Å². The number of aliphatic hydroxyl groups excluding tert-OH is 1. The first-order valence-corrected chi connectivity index (χ1v) is 8.86. The number of aliphatic hydroxyl groups is 1. The molecule has 3 aliphatic rings. The summed E-state index contributed by atoms with van der Waals surface area (Å²) in [6, 6.07) is 0.714. The molecule has 4 heteroatoms. The molecule has 0 radical (unpaired) electrons. The van der Waals surface area contributed by atoms with Crippen LogP contribution in [-0.2, 0) is 4.74 Å². The number of nitrogens with zero attached hydrogens (tertiary/aromatic N) is 2. The molecule has 2 aliphatic heterocycles. The Kier molecular flexibility index (Phi) is 5.20. The molecule has 122 valence electrons. The van der Waals surface area contributed by atoms with Crippen LogP contribution >= 0.6 is 0 Å². The van der Waals surface area contributed by atoms with Gasteiger partial charge in [-0.15, -0.1) is 0 Å². The first-order valence-electron chi connectivity index (χ1n) is 8.86. The maximum atomic E-state index is 9.98. The van der Waals surface area contributed by atoms with Crippen LogP contribution in [0.5, 0.6) is 0 Å². The van der Waals surface area contributed by atoms with Crippen molar-refractivity contribution in [1.29, 1.82) is 0 Å². The minimum Gasteiger partial charge on any atom is -0.396 e. The minimum atomic E-state index is 0.178. The van der Waals surface area contributed by atoms with Crippen LogP contribution in [0.2, 0.25) is 0 Å². The Morgan fingerprint density at radius 1 is 1.19 bits per heavy atom. The third-order valence-corrected chi connectivity index (χ3v) is 5.89. The van der Waals surface area contributed by atoms with E-state index in [4.69, 9.17) is 4.74 Å². The zero-order chi connectivity index (χ0) is 14.7. The largest absolute Gasteiger partial charge is 0.396 e. The molecule has 2 saturated heterocycles. The normalized spacial score (nSPS) is 39.7. The molecule has 3 atom stereocenters. The molecule has 4 nitrogen and oxygen atoms in total. The van der Waals surface area contributed by atoms with E-state index < -0.39 is 0 Å². The molecule has 21 heavy (non-hydrogen) atoms. The van der Waals surface area contributed by atoms with E-state index in [1.165, 1.54) is 45.2 Å². The Balaban J connectivity index is 1.53. The van der Waals surface area contributed by atoms with Crippen molar-refractivity contribution in [2.24, 2.45) is 11.3 Å². The quantitative estimate of drug-likeness (QED) is 0.854. The molecule has 0 bridgehead atoms. The van der Waals surface area contributed by atoms with Crippen molar-refractivity contribution in [2.45, 2.75) is 45.1 Å². The molecule has 2 heterocycles. The summed E-state index contributed by atoms with van der Waals surface area (Å²) in [5.74, 6) is 0.781. The highest BCUT2D eigenvalue weighted by Gasteiger charge is 2.38. The van der Waals surface area contributed by atoms with E-state index in [-0.39, 0.29) is 5.41 Å². The lowest BCUT2D eigenvalue weighted by molar-refractivity contribution is 0.0109. The van der Waals surface area contributed by atoms with E-state index in [2.05, 4.69) is 16.7 Å². The molecule has 0 aromatic carbocycles. The predicted octanol–water partition coefficient (Wildman–Crippen LogP) is 1.58. The topological polar surface area (TPSA) is 35.9 Å². The molecule has 1 aliphatic carbocycles. The van der Waals surface area contributed by atoms with Crippen molar-refractivity contribution in [3.63, 3.8) is 0 Å². The van der Waals surface area contributed by atoms with E-state index in [1.54, 1.807) is 0 Å². The van der Waals surface area contributed by atoms with Gasteiger partial charge in [-0.1, -0.05) is 19.8 Å². The second-order valence-corrected chi connectivity index (χ2v) is 7.69. The monoisotopic (exact) mass is 296 g/mol. The van der Waals surface area contributed by atoms with Gasteiger partial charge in [-0.25, -0.2) is 0 Å². The Hall–Kier alpha value is -0.160. The van der Waals surface area contributed by atoms with E-state index >= 15 is 0 Å². The highest BCUT2D eigenvalue weighted by Crippen LogP contribution is 2.40. The van der Waals surface area contributed by atoms with Gasteiger partial charge in [-0.05, 0) is 31.7 Å². The summed E-state index contributed by atoms with van der Waals surface area (Å²) in [5, 5.41) is 9.98. The van der Waals surface area contributed by atoms with Crippen LogP contribution in [-0.4, -0.2) is 73.5 Å². The third kappa shape index (κ3) is 3.79. The number of rotatable bonds is 4. The highest BCUT2D eigenvalue weighted by atomic mass is 16.5. The summed E-state index contributed by atoms with van der Waals surface area (Å²) in [7, 11) is 0. The fourth-order valence-electron chi connectivity index (χ4n) is 4.78. The fraction of sp³-hybridized carbons (Fsp3) is 1.00. The van der Waals surface area contributed by atoms with Gasteiger partial charge in [0.05, 0.1) is 13.2 Å². The Bertz CT molecular complexity index is 333. The molecule has 1 saturated carbocycles. The van der Waals surface area contributed by atoms with Crippen molar-refractivity contribution in [3.8, 4) is 0 Å². The summed E-state index contributed by atoms with van der Waals surface area (Å²) in [6.07, 6.45) is 6.35. The first-order chi connectivity index (χ1) is 10.2. The number of hydrogen-bond donors (Lipinski definition) is 1. The van der Waals surface area contributed by atoms with Crippen molar-refractivity contribution < 1.29 is 9.84 Å². The van der Waals surface area contributed by atoms with Crippen LogP contribution in [0.25, 0.3) is 0 Å². The zero-order valence-corrected chi connectivity index (χ0v) is 13.6. The summed E-state index contributed by atoms with van der Waals surface area (Å²) in [5.41, 5.74) is 0.178.